The Morgan fingerprint density at radius 1 is 0.968 bits per heavy atom. The minimum atomic E-state index is -4.73. The topological polar surface area (TPSA) is 57.1 Å². The summed E-state index contributed by atoms with van der Waals surface area (Å²) in [7, 11) is 0. The molecule has 0 N–H and O–H groups in total. The summed E-state index contributed by atoms with van der Waals surface area (Å²) in [6, 6.07) is 9.21. The van der Waals surface area contributed by atoms with Gasteiger partial charge < -0.3 is 9.47 Å². The second kappa shape index (κ2) is 9.14. The molecule has 0 aliphatic carbocycles. The predicted molar refractivity (Wildman–Crippen MR) is 109 cm³/mol. The Morgan fingerprint density at radius 3 is 2.13 bits per heavy atom. The number of hydrogen-bond acceptors (Lipinski definition) is 5. The van der Waals surface area contributed by atoms with Crippen molar-refractivity contribution in [2.75, 3.05) is 6.61 Å². The van der Waals surface area contributed by atoms with Crippen molar-refractivity contribution in [1.29, 1.82) is 0 Å². The Kier molecular flexibility index (Phi) is 6.56. The van der Waals surface area contributed by atoms with Crippen LogP contribution in [0.15, 0.2) is 61.3 Å². The Labute approximate surface area is 178 Å². The molecular weight excluding hydrogens is 407 g/mol. The first-order valence-electron chi connectivity index (χ1n) is 9.42. The highest BCUT2D eigenvalue weighted by Gasteiger charge is 2.41. The van der Waals surface area contributed by atoms with Gasteiger partial charge in [-0.25, -0.2) is 9.97 Å². The van der Waals surface area contributed by atoms with E-state index >= 15 is 0 Å². The molecule has 1 atom stereocenters. The van der Waals surface area contributed by atoms with E-state index in [9.17, 15) is 13.2 Å². The number of benzene rings is 1. The lowest BCUT2D eigenvalue weighted by Crippen LogP contribution is -2.38. The lowest BCUT2D eigenvalue weighted by molar-refractivity contribution is -0.274. The molecule has 0 amide bonds. The molecule has 31 heavy (non-hydrogen) atoms. The van der Waals surface area contributed by atoms with Crippen LogP contribution in [-0.4, -0.2) is 27.9 Å². The highest BCUT2D eigenvalue weighted by molar-refractivity contribution is 5.63. The van der Waals surface area contributed by atoms with Crippen LogP contribution in [-0.2, 0) is 10.3 Å². The van der Waals surface area contributed by atoms with Crippen molar-refractivity contribution in [1.82, 2.24) is 15.0 Å². The number of aromatic nitrogens is 3. The van der Waals surface area contributed by atoms with E-state index in [2.05, 4.69) is 25.6 Å². The van der Waals surface area contributed by atoms with Crippen LogP contribution in [0.4, 0.5) is 13.2 Å². The van der Waals surface area contributed by atoms with Crippen molar-refractivity contribution in [3.05, 3.63) is 72.6 Å². The number of rotatable bonds is 7. The summed E-state index contributed by atoms with van der Waals surface area (Å²) in [5.74, 6) is 2.16. The van der Waals surface area contributed by atoms with Crippen molar-refractivity contribution < 1.29 is 22.6 Å². The number of alkyl halides is 3. The van der Waals surface area contributed by atoms with Crippen LogP contribution in [0.2, 0.25) is 0 Å². The Hall–Kier alpha value is -3.44. The molecule has 3 rings (SSSR count). The molecule has 3 aromatic rings. The minimum absolute atomic E-state index is 0.0519. The summed E-state index contributed by atoms with van der Waals surface area (Å²) in [6.07, 6.45) is 7.10. The van der Waals surface area contributed by atoms with Gasteiger partial charge in [-0.15, -0.1) is 19.6 Å². The molecule has 2 heterocycles. The Morgan fingerprint density at radius 2 is 1.61 bits per heavy atom. The van der Waals surface area contributed by atoms with Gasteiger partial charge in [0.1, 0.15) is 24.3 Å². The zero-order chi connectivity index (χ0) is 22.5. The van der Waals surface area contributed by atoms with Crippen LogP contribution < -0.4 is 4.74 Å². The number of halogens is 3. The quantitative estimate of drug-likeness (QED) is 0.498. The molecule has 2 aromatic heterocycles. The van der Waals surface area contributed by atoms with E-state index < -0.39 is 12.0 Å². The van der Waals surface area contributed by atoms with Gasteiger partial charge in [0.05, 0.1) is 5.69 Å². The maximum Gasteiger partial charge on any atom is 0.573 e. The summed E-state index contributed by atoms with van der Waals surface area (Å²) in [4.78, 5) is 12.8. The van der Waals surface area contributed by atoms with Gasteiger partial charge >= 0.3 is 6.36 Å². The summed E-state index contributed by atoms with van der Waals surface area (Å²) >= 11 is 0. The van der Waals surface area contributed by atoms with E-state index in [-0.39, 0.29) is 18.3 Å². The zero-order valence-electron chi connectivity index (χ0n) is 16.9. The van der Waals surface area contributed by atoms with Gasteiger partial charge in [-0.3, -0.25) is 4.98 Å². The molecule has 160 valence electrons. The molecule has 0 radical (unpaired) electrons. The second-order valence-electron chi connectivity index (χ2n) is 7.01. The van der Waals surface area contributed by atoms with Crippen LogP contribution >= 0.6 is 0 Å². The SMILES string of the molecule is C#CCOC(c1cncnc1)(c1ccc(-c2ccc(OC(F)(F)F)cc2)cn1)C(C)C. The van der Waals surface area contributed by atoms with Crippen LogP contribution in [0.3, 0.4) is 0 Å². The summed E-state index contributed by atoms with van der Waals surface area (Å²) in [5.41, 5.74) is 1.79. The number of terminal acetylenes is 1. The lowest BCUT2D eigenvalue weighted by atomic mass is 9.81. The molecule has 0 fully saturated rings. The van der Waals surface area contributed by atoms with Crippen molar-refractivity contribution in [3.8, 4) is 29.2 Å². The third-order valence-electron chi connectivity index (χ3n) is 4.75. The zero-order valence-corrected chi connectivity index (χ0v) is 16.9. The van der Waals surface area contributed by atoms with Gasteiger partial charge in [0.15, 0.2) is 0 Å². The third-order valence-corrected chi connectivity index (χ3v) is 4.75. The monoisotopic (exact) mass is 427 g/mol. The van der Waals surface area contributed by atoms with Crippen molar-refractivity contribution >= 4 is 0 Å². The maximum absolute atomic E-state index is 12.3. The van der Waals surface area contributed by atoms with Gasteiger partial charge in [-0.05, 0) is 29.7 Å². The highest BCUT2D eigenvalue weighted by Crippen LogP contribution is 2.39. The highest BCUT2D eigenvalue weighted by atomic mass is 19.4. The molecule has 0 aliphatic heterocycles. The van der Waals surface area contributed by atoms with Crippen LogP contribution in [0.5, 0.6) is 5.75 Å². The fourth-order valence-corrected chi connectivity index (χ4v) is 3.38. The Bertz CT molecular complexity index is 1030. The molecule has 0 saturated heterocycles. The molecular formula is C23H20F3N3O2. The summed E-state index contributed by atoms with van der Waals surface area (Å²) < 4.78 is 47.1. The maximum atomic E-state index is 12.3. The van der Waals surface area contributed by atoms with Crippen molar-refractivity contribution in [2.24, 2.45) is 5.92 Å². The molecule has 1 aromatic carbocycles. The molecule has 5 nitrogen and oxygen atoms in total. The predicted octanol–water partition coefficient (Wildman–Crippen LogP) is 4.99. The van der Waals surface area contributed by atoms with E-state index in [0.717, 1.165) is 5.56 Å². The first-order chi connectivity index (χ1) is 14.8. The van der Waals surface area contributed by atoms with Crippen molar-refractivity contribution in [2.45, 2.75) is 25.8 Å². The van der Waals surface area contributed by atoms with Gasteiger partial charge in [0.2, 0.25) is 0 Å². The van der Waals surface area contributed by atoms with Gasteiger partial charge in [0.25, 0.3) is 0 Å². The number of ether oxygens (including phenoxy) is 2. The van der Waals surface area contributed by atoms with Crippen LogP contribution in [0, 0.1) is 18.3 Å². The van der Waals surface area contributed by atoms with Crippen LogP contribution in [0.25, 0.3) is 11.1 Å². The Balaban J connectivity index is 1.96. The normalized spacial score (nSPS) is 13.5. The van der Waals surface area contributed by atoms with E-state index in [1.54, 1.807) is 24.7 Å². The number of pyridine rings is 1. The average molecular weight is 427 g/mol. The van der Waals surface area contributed by atoms with E-state index in [4.69, 9.17) is 11.2 Å². The number of nitrogens with zero attached hydrogens (tertiary/aromatic N) is 3. The van der Waals surface area contributed by atoms with E-state index in [1.807, 2.05) is 19.9 Å². The smallest absolute Gasteiger partial charge is 0.406 e. The lowest BCUT2D eigenvalue weighted by Gasteiger charge is -2.36. The number of hydrogen-bond donors (Lipinski definition) is 0. The molecule has 0 spiro atoms. The third kappa shape index (κ3) is 5.01. The molecule has 0 bridgehead atoms. The fourth-order valence-electron chi connectivity index (χ4n) is 3.38. The van der Waals surface area contributed by atoms with Crippen molar-refractivity contribution in [3.63, 3.8) is 0 Å². The molecule has 1 unspecified atom stereocenters. The first kappa shape index (κ1) is 22.2. The minimum Gasteiger partial charge on any atom is -0.406 e. The fraction of sp³-hybridized carbons (Fsp3) is 0.261. The standard InChI is InChI=1S/C23H20F3N3O2/c1-4-11-30-22(16(2)3,19-13-27-15-28-14-19)21-10-7-18(12-29-21)17-5-8-20(9-6-17)31-23(24,25)26/h1,5-10,12-16H,11H2,2-3H3. The first-order valence-corrected chi connectivity index (χ1v) is 9.42. The van der Waals surface area contributed by atoms with Gasteiger partial charge in [-0.1, -0.05) is 38.0 Å². The van der Waals surface area contributed by atoms with Gasteiger partial charge in [0, 0.05) is 29.7 Å². The van der Waals surface area contributed by atoms with E-state index in [0.29, 0.717) is 16.8 Å². The molecule has 0 aliphatic rings. The summed E-state index contributed by atoms with van der Waals surface area (Å²) in [6.45, 7) is 4.04. The van der Waals surface area contributed by atoms with E-state index in [1.165, 1.54) is 30.6 Å². The van der Waals surface area contributed by atoms with Crippen LogP contribution in [0.1, 0.15) is 25.1 Å². The molecule has 0 saturated carbocycles. The largest absolute Gasteiger partial charge is 0.573 e. The van der Waals surface area contributed by atoms with Gasteiger partial charge in [-0.2, -0.15) is 0 Å². The molecule has 8 heteroatoms. The summed E-state index contributed by atoms with van der Waals surface area (Å²) in [5, 5.41) is 0. The average Bonchev–Trinajstić information content (AvgIpc) is 2.75. The second-order valence-corrected chi connectivity index (χ2v) is 7.01.